The second kappa shape index (κ2) is 6.53. The van der Waals surface area contributed by atoms with Gasteiger partial charge in [0.05, 0.1) is 5.92 Å². The molecule has 1 amide bonds. The minimum Gasteiger partial charge on any atom is -0.396 e. The van der Waals surface area contributed by atoms with E-state index in [1.807, 2.05) is 4.90 Å². The van der Waals surface area contributed by atoms with Crippen LogP contribution in [0.2, 0.25) is 0 Å². The number of carbonyl (C=O) groups is 1. The number of aliphatic hydroxyl groups is 1. The summed E-state index contributed by atoms with van der Waals surface area (Å²) in [5.41, 5.74) is 6.15. The molecule has 2 fully saturated rings. The molecule has 2 atom stereocenters. The van der Waals surface area contributed by atoms with Crippen LogP contribution in [-0.4, -0.2) is 41.7 Å². The molecule has 18 heavy (non-hydrogen) atoms. The normalized spacial score (nSPS) is 31.1. The lowest BCUT2D eigenvalue weighted by Gasteiger charge is -2.34. The van der Waals surface area contributed by atoms with Crippen molar-refractivity contribution in [1.29, 1.82) is 0 Å². The Morgan fingerprint density at radius 3 is 2.44 bits per heavy atom. The standard InChI is InChI=1S/C14H26N2O2/c15-13-5-3-1-2-4-12(13)14(18)16-8-6-11(10-17)7-9-16/h11-13,17H,1-10,15H2. The highest BCUT2D eigenvalue weighted by molar-refractivity contribution is 5.79. The summed E-state index contributed by atoms with van der Waals surface area (Å²) in [5.74, 6) is 0.691. The zero-order valence-electron chi connectivity index (χ0n) is 11.2. The number of hydrogen-bond acceptors (Lipinski definition) is 3. The Balaban J connectivity index is 1.90. The second-order valence-corrected chi connectivity index (χ2v) is 5.86. The largest absolute Gasteiger partial charge is 0.396 e. The summed E-state index contributed by atoms with van der Waals surface area (Å²) in [6.07, 6.45) is 7.33. The Morgan fingerprint density at radius 2 is 1.78 bits per heavy atom. The van der Waals surface area contributed by atoms with Gasteiger partial charge in [-0.25, -0.2) is 0 Å². The monoisotopic (exact) mass is 254 g/mol. The van der Waals surface area contributed by atoms with Gasteiger partial charge in [-0.15, -0.1) is 0 Å². The Kier molecular flexibility index (Phi) is 5.01. The van der Waals surface area contributed by atoms with E-state index in [0.29, 0.717) is 5.92 Å². The molecule has 2 aliphatic rings. The Morgan fingerprint density at radius 1 is 1.11 bits per heavy atom. The molecule has 1 saturated heterocycles. The molecule has 2 rings (SSSR count). The van der Waals surface area contributed by atoms with Crippen molar-refractivity contribution in [2.45, 2.75) is 51.0 Å². The molecule has 4 heteroatoms. The third-order valence-electron chi connectivity index (χ3n) is 4.57. The molecule has 1 saturated carbocycles. The van der Waals surface area contributed by atoms with Crippen molar-refractivity contribution in [2.75, 3.05) is 19.7 Å². The molecular weight excluding hydrogens is 228 g/mol. The third-order valence-corrected chi connectivity index (χ3v) is 4.57. The van der Waals surface area contributed by atoms with Crippen LogP contribution in [0.1, 0.15) is 44.9 Å². The van der Waals surface area contributed by atoms with Gasteiger partial charge in [0.25, 0.3) is 0 Å². The Bertz CT molecular complexity index is 275. The van der Waals surface area contributed by atoms with Gasteiger partial charge >= 0.3 is 0 Å². The average Bonchev–Trinajstić information content (AvgIpc) is 2.63. The number of likely N-dealkylation sites (tertiary alicyclic amines) is 1. The summed E-state index contributed by atoms with van der Waals surface area (Å²) < 4.78 is 0. The smallest absolute Gasteiger partial charge is 0.227 e. The fourth-order valence-electron chi connectivity index (χ4n) is 3.21. The molecule has 0 bridgehead atoms. The molecule has 1 aliphatic heterocycles. The lowest BCUT2D eigenvalue weighted by Crippen LogP contribution is -2.47. The molecule has 1 aliphatic carbocycles. The minimum absolute atomic E-state index is 0.0400. The topological polar surface area (TPSA) is 66.6 Å². The highest BCUT2D eigenvalue weighted by atomic mass is 16.3. The van der Waals surface area contributed by atoms with E-state index in [2.05, 4.69) is 0 Å². The van der Waals surface area contributed by atoms with E-state index >= 15 is 0 Å². The van der Waals surface area contributed by atoms with Crippen LogP contribution in [0.25, 0.3) is 0 Å². The number of amides is 1. The van der Waals surface area contributed by atoms with Crippen molar-refractivity contribution in [3.05, 3.63) is 0 Å². The predicted octanol–water partition coefficient (Wildman–Crippen LogP) is 1.12. The van der Waals surface area contributed by atoms with E-state index in [1.165, 1.54) is 6.42 Å². The first-order chi connectivity index (χ1) is 8.72. The zero-order valence-corrected chi connectivity index (χ0v) is 11.2. The average molecular weight is 254 g/mol. The van der Waals surface area contributed by atoms with Crippen LogP contribution in [0.4, 0.5) is 0 Å². The van der Waals surface area contributed by atoms with E-state index in [0.717, 1.165) is 51.6 Å². The number of carbonyl (C=O) groups excluding carboxylic acids is 1. The van der Waals surface area contributed by atoms with Crippen LogP contribution in [0, 0.1) is 11.8 Å². The highest BCUT2D eigenvalue weighted by Crippen LogP contribution is 2.26. The number of nitrogens with zero attached hydrogens (tertiary/aromatic N) is 1. The van der Waals surface area contributed by atoms with Crippen LogP contribution in [0.3, 0.4) is 0 Å². The summed E-state index contributed by atoms with van der Waals surface area (Å²) in [4.78, 5) is 14.5. The first-order valence-electron chi connectivity index (χ1n) is 7.37. The van der Waals surface area contributed by atoms with E-state index in [-0.39, 0.29) is 24.5 Å². The van der Waals surface area contributed by atoms with Crippen molar-refractivity contribution in [3.8, 4) is 0 Å². The third kappa shape index (κ3) is 3.23. The Hall–Kier alpha value is -0.610. The summed E-state index contributed by atoms with van der Waals surface area (Å²) >= 11 is 0. The molecule has 0 radical (unpaired) electrons. The molecule has 4 nitrogen and oxygen atoms in total. The minimum atomic E-state index is 0.0400. The summed E-state index contributed by atoms with van der Waals surface area (Å²) in [5, 5.41) is 9.12. The second-order valence-electron chi connectivity index (χ2n) is 5.86. The lowest BCUT2D eigenvalue weighted by atomic mass is 9.91. The van der Waals surface area contributed by atoms with Gasteiger partial charge < -0.3 is 15.7 Å². The highest BCUT2D eigenvalue weighted by Gasteiger charge is 2.32. The van der Waals surface area contributed by atoms with Gasteiger partial charge in [0.1, 0.15) is 0 Å². The number of piperidine rings is 1. The van der Waals surface area contributed by atoms with E-state index in [9.17, 15) is 4.79 Å². The van der Waals surface area contributed by atoms with Crippen molar-refractivity contribution in [2.24, 2.45) is 17.6 Å². The maximum atomic E-state index is 12.5. The van der Waals surface area contributed by atoms with Crippen LogP contribution in [-0.2, 0) is 4.79 Å². The molecule has 0 spiro atoms. The van der Waals surface area contributed by atoms with Gasteiger partial charge in [0.2, 0.25) is 5.91 Å². The number of hydrogen-bond donors (Lipinski definition) is 2. The van der Waals surface area contributed by atoms with E-state index in [1.54, 1.807) is 0 Å². The summed E-state index contributed by atoms with van der Waals surface area (Å²) in [7, 11) is 0. The van der Waals surface area contributed by atoms with Gasteiger partial charge in [0, 0.05) is 25.7 Å². The van der Waals surface area contributed by atoms with Crippen molar-refractivity contribution in [1.82, 2.24) is 4.90 Å². The first kappa shape index (κ1) is 13.8. The number of aliphatic hydroxyl groups excluding tert-OH is 1. The van der Waals surface area contributed by atoms with Crippen LogP contribution in [0.15, 0.2) is 0 Å². The van der Waals surface area contributed by atoms with Crippen molar-refractivity contribution >= 4 is 5.91 Å². The SMILES string of the molecule is NC1CCCCCC1C(=O)N1CCC(CO)CC1. The van der Waals surface area contributed by atoms with Crippen molar-refractivity contribution in [3.63, 3.8) is 0 Å². The quantitative estimate of drug-likeness (QED) is 0.726. The molecule has 104 valence electrons. The number of nitrogens with two attached hydrogens (primary N) is 1. The zero-order chi connectivity index (χ0) is 13.0. The lowest BCUT2D eigenvalue weighted by molar-refractivity contribution is -0.138. The molecule has 1 heterocycles. The van der Waals surface area contributed by atoms with Gasteiger partial charge in [-0.2, -0.15) is 0 Å². The van der Waals surface area contributed by atoms with Gasteiger partial charge in [-0.1, -0.05) is 19.3 Å². The van der Waals surface area contributed by atoms with Crippen LogP contribution >= 0.6 is 0 Å². The molecule has 0 aromatic carbocycles. The van der Waals surface area contributed by atoms with Gasteiger partial charge in [0.15, 0.2) is 0 Å². The van der Waals surface area contributed by atoms with Gasteiger partial charge in [-0.05, 0) is 31.6 Å². The van der Waals surface area contributed by atoms with Gasteiger partial charge in [-0.3, -0.25) is 4.79 Å². The van der Waals surface area contributed by atoms with Crippen LogP contribution in [0.5, 0.6) is 0 Å². The van der Waals surface area contributed by atoms with Crippen molar-refractivity contribution < 1.29 is 9.90 Å². The fraction of sp³-hybridized carbons (Fsp3) is 0.929. The molecular formula is C14H26N2O2. The summed E-state index contributed by atoms with van der Waals surface area (Å²) in [6.45, 7) is 1.85. The molecule has 0 aromatic rings. The fourth-order valence-corrected chi connectivity index (χ4v) is 3.21. The number of rotatable bonds is 2. The van der Waals surface area contributed by atoms with Crippen LogP contribution < -0.4 is 5.73 Å². The van der Waals surface area contributed by atoms with E-state index < -0.39 is 0 Å². The van der Waals surface area contributed by atoms with E-state index in [4.69, 9.17) is 10.8 Å². The Labute approximate surface area is 110 Å². The molecule has 2 unspecified atom stereocenters. The first-order valence-corrected chi connectivity index (χ1v) is 7.37. The maximum Gasteiger partial charge on any atom is 0.227 e. The predicted molar refractivity (Wildman–Crippen MR) is 70.9 cm³/mol. The molecule has 3 N–H and O–H groups in total. The maximum absolute atomic E-state index is 12.5. The summed E-state index contributed by atoms with van der Waals surface area (Å²) in [6, 6.07) is 0.0514. The molecule has 0 aromatic heterocycles.